The van der Waals surface area contributed by atoms with Crippen LogP contribution in [-0.4, -0.2) is 18.5 Å². The molecule has 2 rings (SSSR count). The van der Waals surface area contributed by atoms with Gasteiger partial charge in [-0.2, -0.15) is 0 Å². The summed E-state index contributed by atoms with van der Waals surface area (Å²) in [4.78, 5) is 23.9. The smallest absolute Gasteiger partial charge is 0.312 e. The Morgan fingerprint density at radius 1 is 1.22 bits per heavy atom. The van der Waals surface area contributed by atoms with Gasteiger partial charge in [0.2, 0.25) is 5.91 Å². The zero-order valence-corrected chi connectivity index (χ0v) is 13.2. The zero-order chi connectivity index (χ0) is 16.7. The predicted octanol–water partition coefficient (Wildman–Crippen LogP) is 2.35. The minimum Gasteiger partial charge on any atom is -0.356 e. The minimum absolute atomic E-state index is 0.0841. The van der Waals surface area contributed by atoms with Gasteiger partial charge in [-0.15, -0.1) is 11.3 Å². The second-order valence-corrected chi connectivity index (χ2v) is 5.95. The summed E-state index contributed by atoms with van der Waals surface area (Å²) in [7, 11) is 0. The number of halogens is 1. The number of nitrogens with two attached hydrogens (primary N) is 1. The molecule has 0 saturated carbocycles. The highest BCUT2D eigenvalue weighted by molar-refractivity contribution is 7.10. The molecule has 2 aromatic rings. The van der Waals surface area contributed by atoms with Crippen LogP contribution in [0.5, 0.6) is 0 Å². The molecule has 0 radical (unpaired) electrons. The first-order valence-corrected chi connectivity index (χ1v) is 8.03. The maximum Gasteiger partial charge on any atom is 0.312 e. The van der Waals surface area contributed by atoms with E-state index in [9.17, 15) is 14.0 Å². The highest BCUT2D eigenvalue weighted by Crippen LogP contribution is 2.21. The van der Waals surface area contributed by atoms with Gasteiger partial charge in [0, 0.05) is 11.4 Å². The summed E-state index contributed by atoms with van der Waals surface area (Å²) in [5.74, 6) is -0.512. The number of thiophene rings is 1. The number of hydrogen-bond donors (Lipinski definition) is 3. The fraction of sp³-hybridized carbons (Fsp3) is 0.250. The number of benzene rings is 1. The van der Waals surface area contributed by atoms with Crippen molar-refractivity contribution in [2.24, 2.45) is 5.73 Å². The molecular formula is C16H18FN3O2S. The molecule has 0 unspecified atom stereocenters. The predicted molar refractivity (Wildman–Crippen MR) is 87.5 cm³/mol. The molecule has 122 valence electrons. The van der Waals surface area contributed by atoms with Crippen molar-refractivity contribution in [2.75, 3.05) is 6.54 Å². The highest BCUT2D eigenvalue weighted by Gasteiger charge is 2.18. The van der Waals surface area contributed by atoms with Crippen molar-refractivity contribution in [3.8, 4) is 0 Å². The van der Waals surface area contributed by atoms with Crippen LogP contribution in [0.1, 0.15) is 22.9 Å². The summed E-state index contributed by atoms with van der Waals surface area (Å²) in [6, 6.07) is 8.99. The van der Waals surface area contributed by atoms with Gasteiger partial charge in [0.05, 0.1) is 12.5 Å². The van der Waals surface area contributed by atoms with Crippen LogP contribution >= 0.6 is 11.3 Å². The third-order valence-corrected chi connectivity index (χ3v) is 4.25. The summed E-state index contributed by atoms with van der Waals surface area (Å²) in [6.07, 6.45) is 0.492. The fourth-order valence-electron chi connectivity index (χ4n) is 2.18. The number of rotatable bonds is 7. The summed E-state index contributed by atoms with van der Waals surface area (Å²) < 4.78 is 13.5. The Balaban J connectivity index is 1.85. The van der Waals surface area contributed by atoms with E-state index in [4.69, 9.17) is 5.73 Å². The van der Waals surface area contributed by atoms with E-state index < -0.39 is 12.1 Å². The number of amides is 3. The van der Waals surface area contributed by atoms with Crippen LogP contribution in [0.2, 0.25) is 0 Å². The van der Waals surface area contributed by atoms with Crippen molar-refractivity contribution >= 4 is 23.3 Å². The molecule has 3 amide bonds. The molecule has 5 nitrogen and oxygen atoms in total. The monoisotopic (exact) mass is 335 g/mol. The average molecular weight is 335 g/mol. The summed E-state index contributed by atoms with van der Waals surface area (Å²) >= 11 is 1.44. The molecule has 0 aliphatic carbocycles. The molecule has 1 heterocycles. The van der Waals surface area contributed by atoms with Crippen molar-refractivity contribution < 1.29 is 14.0 Å². The number of urea groups is 1. The topological polar surface area (TPSA) is 84.2 Å². The van der Waals surface area contributed by atoms with Gasteiger partial charge in [-0.25, -0.2) is 9.18 Å². The second-order valence-electron chi connectivity index (χ2n) is 4.97. The lowest BCUT2D eigenvalue weighted by Gasteiger charge is -2.16. The van der Waals surface area contributed by atoms with Gasteiger partial charge >= 0.3 is 6.03 Å². The Labute approximate surface area is 137 Å². The van der Waals surface area contributed by atoms with Gasteiger partial charge in [-0.1, -0.05) is 24.3 Å². The second kappa shape index (κ2) is 8.28. The normalized spacial score (nSPS) is 11.7. The maximum absolute atomic E-state index is 13.5. The van der Waals surface area contributed by atoms with E-state index in [1.807, 2.05) is 17.5 Å². The number of hydrogen-bond acceptors (Lipinski definition) is 3. The van der Waals surface area contributed by atoms with Crippen LogP contribution in [0.4, 0.5) is 9.18 Å². The SMILES string of the molecule is NC(=O)N[C@H](CC(=O)NCCc1ccccc1F)c1cccs1. The average Bonchev–Trinajstić information content (AvgIpc) is 3.02. The molecule has 0 aliphatic rings. The van der Waals surface area contributed by atoms with E-state index in [1.165, 1.54) is 17.4 Å². The molecule has 0 fully saturated rings. The Morgan fingerprint density at radius 2 is 2.00 bits per heavy atom. The van der Waals surface area contributed by atoms with Gasteiger partial charge in [-0.3, -0.25) is 4.79 Å². The quantitative estimate of drug-likeness (QED) is 0.725. The molecule has 1 atom stereocenters. The number of primary amides is 1. The van der Waals surface area contributed by atoms with Crippen LogP contribution in [0.15, 0.2) is 41.8 Å². The first kappa shape index (κ1) is 17.0. The number of nitrogens with one attached hydrogen (secondary N) is 2. The van der Waals surface area contributed by atoms with E-state index in [0.717, 1.165) is 4.88 Å². The Kier molecular flexibility index (Phi) is 6.10. The molecule has 23 heavy (non-hydrogen) atoms. The largest absolute Gasteiger partial charge is 0.356 e. The van der Waals surface area contributed by atoms with Crippen LogP contribution < -0.4 is 16.4 Å². The number of carbonyl (C=O) groups is 2. The van der Waals surface area contributed by atoms with Crippen molar-refractivity contribution in [3.63, 3.8) is 0 Å². The van der Waals surface area contributed by atoms with Crippen LogP contribution in [-0.2, 0) is 11.2 Å². The summed E-state index contributed by atoms with van der Waals surface area (Å²) in [5, 5.41) is 7.15. The Bertz CT molecular complexity index is 661. The number of carbonyl (C=O) groups excluding carboxylic acids is 2. The van der Waals surface area contributed by atoms with Gasteiger partial charge < -0.3 is 16.4 Å². The third-order valence-electron chi connectivity index (χ3n) is 3.27. The first-order chi connectivity index (χ1) is 11.1. The van der Waals surface area contributed by atoms with E-state index in [2.05, 4.69) is 10.6 Å². The van der Waals surface area contributed by atoms with Gasteiger partial charge in [0.25, 0.3) is 0 Å². The Morgan fingerprint density at radius 3 is 2.65 bits per heavy atom. The zero-order valence-electron chi connectivity index (χ0n) is 12.4. The van der Waals surface area contributed by atoms with Crippen molar-refractivity contribution in [2.45, 2.75) is 18.9 Å². The van der Waals surface area contributed by atoms with Crippen molar-refractivity contribution in [1.29, 1.82) is 0 Å². The van der Waals surface area contributed by atoms with E-state index in [-0.39, 0.29) is 18.1 Å². The van der Waals surface area contributed by atoms with Gasteiger partial charge in [0.15, 0.2) is 0 Å². The molecule has 0 spiro atoms. The highest BCUT2D eigenvalue weighted by atomic mass is 32.1. The van der Waals surface area contributed by atoms with E-state index in [0.29, 0.717) is 18.5 Å². The molecule has 0 saturated heterocycles. The van der Waals surface area contributed by atoms with Gasteiger partial charge in [0.1, 0.15) is 5.82 Å². The fourth-order valence-corrected chi connectivity index (χ4v) is 2.96. The van der Waals surface area contributed by atoms with Crippen molar-refractivity contribution in [3.05, 3.63) is 58.0 Å². The van der Waals surface area contributed by atoms with E-state index >= 15 is 0 Å². The minimum atomic E-state index is -0.678. The molecule has 1 aromatic heterocycles. The molecule has 0 bridgehead atoms. The lowest BCUT2D eigenvalue weighted by Crippen LogP contribution is -2.36. The molecule has 7 heteroatoms. The third kappa shape index (κ3) is 5.37. The summed E-state index contributed by atoms with van der Waals surface area (Å²) in [5.41, 5.74) is 5.70. The standard InChI is InChI=1S/C16H18FN3O2S/c17-12-5-2-1-4-11(12)7-8-19-15(21)10-13(20-16(18)22)14-6-3-9-23-14/h1-6,9,13H,7-8,10H2,(H,19,21)(H3,18,20,22)/t13-/m1/s1. The molecule has 0 aliphatic heterocycles. The first-order valence-electron chi connectivity index (χ1n) is 7.15. The Hall–Kier alpha value is -2.41. The van der Waals surface area contributed by atoms with Crippen molar-refractivity contribution in [1.82, 2.24) is 10.6 Å². The van der Waals surface area contributed by atoms with Crippen LogP contribution in [0, 0.1) is 5.82 Å². The molecular weight excluding hydrogens is 317 g/mol. The lowest BCUT2D eigenvalue weighted by molar-refractivity contribution is -0.121. The van der Waals surface area contributed by atoms with Crippen LogP contribution in [0.3, 0.4) is 0 Å². The van der Waals surface area contributed by atoms with Gasteiger partial charge in [-0.05, 0) is 29.5 Å². The maximum atomic E-state index is 13.5. The summed E-state index contributed by atoms with van der Waals surface area (Å²) in [6.45, 7) is 0.327. The van der Waals surface area contributed by atoms with Crippen LogP contribution in [0.25, 0.3) is 0 Å². The van der Waals surface area contributed by atoms with E-state index in [1.54, 1.807) is 18.2 Å². The lowest BCUT2D eigenvalue weighted by atomic mass is 10.1. The molecule has 1 aromatic carbocycles. The molecule has 4 N–H and O–H groups in total.